The third-order valence-corrected chi connectivity index (χ3v) is 2.81. The Bertz CT molecular complexity index is 269. The Morgan fingerprint density at radius 3 is 2.93 bits per heavy atom. The average Bonchev–Trinajstić information content (AvgIpc) is 2.70. The molecule has 0 aliphatic carbocycles. The molecule has 0 amide bonds. The maximum absolute atomic E-state index is 4.07. The molecule has 1 aliphatic rings. The maximum atomic E-state index is 4.07. The second-order valence-corrected chi connectivity index (χ2v) is 4.42. The molecule has 0 radical (unpaired) electrons. The molecule has 1 saturated heterocycles. The third kappa shape index (κ3) is 1.92. The van der Waals surface area contributed by atoms with Gasteiger partial charge in [0.1, 0.15) is 0 Å². The Labute approximate surface area is 83.7 Å². The van der Waals surface area contributed by atoms with E-state index in [1.54, 1.807) is 0 Å². The summed E-state index contributed by atoms with van der Waals surface area (Å²) < 4.78 is 0. The van der Waals surface area contributed by atoms with Crippen molar-refractivity contribution in [1.29, 1.82) is 0 Å². The van der Waals surface area contributed by atoms with Crippen LogP contribution in [0.1, 0.15) is 32.0 Å². The molecule has 1 aromatic heterocycles. The fraction of sp³-hybridized carbons (Fsp3) is 0.889. The molecule has 2 atom stereocenters. The van der Waals surface area contributed by atoms with Gasteiger partial charge in [-0.3, -0.25) is 0 Å². The van der Waals surface area contributed by atoms with Crippen molar-refractivity contribution in [1.82, 2.24) is 25.9 Å². The van der Waals surface area contributed by atoms with Gasteiger partial charge in [0, 0.05) is 12.5 Å². The van der Waals surface area contributed by atoms with Gasteiger partial charge in [-0.1, -0.05) is 19.1 Å². The summed E-state index contributed by atoms with van der Waals surface area (Å²) in [6, 6.07) is 0. The molecule has 2 rings (SSSR count). The highest BCUT2D eigenvalue weighted by molar-refractivity contribution is 5.00. The molecule has 1 fully saturated rings. The summed E-state index contributed by atoms with van der Waals surface area (Å²) in [6.07, 6.45) is 1.23. The summed E-state index contributed by atoms with van der Waals surface area (Å²) >= 11 is 0. The fourth-order valence-electron chi connectivity index (χ4n) is 2.21. The van der Waals surface area contributed by atoms with Gasteiger partial charge in [0.15, 0.2) is 5.82 Å². The molecule has 2 N–H and O–H groups in total. The highest BCUT2D eigenvalue weighted by Gasteiger charge is 2.31. The molecule has 5 nitrogen and oxygen atoms in total. The number of nitrogens with zero attached hydrogens (tertiary/aromatic N) is 3. The standard InChI is InChI=1S/C9H17N5/c1-6(2)3-7-4-10-5-8(7)9-11-13-14-12-9/h6-8,10H,3-5H2,1-2H3,(H,11,12,13,14)/t7-,8-/m1/s1. The largest absolute Gasteiger partial charge is 0.316 e. The number of hydrogen-bond donors (Lipinski definition) is 2. The van der Waals surface area contributed by atoms with E-state index in [9.17, 15) is 0 Å². The predicted molar refractivity (Wildman–Crippen MR) is 52.7 cm³/mol. The molecule has 2 heterocycles. The molecule has 1 aromatic rings. The molecule has 5 heteroatoms. The first-order chi connectivity index (χ1) is 6.77. The van der Waals surface area contributed by atoms with Gasteiger partial charge >= 0.3 is 0 Å². The number of H-pyrrole nitrogens is 1. The van der Waals surface area contributed by atoms with Crippen molar-refractivity contribution in [3.8, 4) is 0 Å². The molecule has 0 unspecified atom stereocenters. The molecule has 0 bridgehead atoms. The van der Waals surface area contributed by atoms with E-state index in [1.807, 2.05) is 0 Å². The monoisotopic (exact) mass is 195 g/mol. The summed E-state index contributed by atoms with van der Waals surface area (Å²) in [5.74, 6) is 2.69. The minimum absolute atomic E-state index is 0.441. The van der Waals surface area contributed by atoms with Crippen LogP contribution >= 0.6 is 0 Å². The first kappa shape index (κ1) is 9.58. The highest BCUT2D eigenvalue weighted by atomic mass is 15.5. The average molecular weight is 195 g/mol. The SMILES string of the molecule is CC(C)C[C@@H]1CNC[C@H]1c1nn[nH]n1. The van der Waals surface area contributed by atoms with Crippen LogP contribution in [0, 0.1) is 11.8 Å². The van der Waals surface area contributed by atoms with E-state index in [1.165, 1.54) is 6.42 Å². The van der Waals surface area contributed by atoms with Gasteiger partial charge in [-0.05, 0) is 24.8 Å². The lowest BCUT2D eigenvalue weighted by Crippen LogP contribution is -2.14. The van der Waals surface area contributed by atoms with Gasteiger partial charge in [0.05, 0.1) is 0 Å². The Kier molecular flexibility index (Phi) is 2.77. The molecular formula is C9H17N5. The fourth-order valence-corrected chi connectivity index (χ4v) is 2.21. The lowest BCUT2D eigenvalue weighted by atomic mass is 9.88. The smallest absolute Gasteiger partial charge is 0.179 e. The van der Waals surface area contributed by atoms with Gasteiger partial charge in [-0.25, -0.2) is 0 Å². The van der Waals surface area contributed by atoms with Crippen LogP contribution in [0.5, 0.6) is 0 Å². The molecule has 0 saturated carbocycles. The Hall–Kier alpha value is -0.970. The number of aromatic amines is 1. The Balaban J connectivity index is 2.04. The molecule has 78 valence electrons. The van der Waals surface area contributed by atoms with Gasteiger partial charge in [-0.15, -0.1) is 10.2 Å². The van der Waals surface area contributed by atoms with Crippen molar-refractivity contribution in [2.45, 2.75) is 26.2 Å². The van der Waals surface area contributed by atoms with Crippen LogP contribution in [0.25, 0.3) is 0 Å². The van der Waals surface area contributed by atoms with E-state index in [0.29, 0.717) is 11.8 Å². The van der Waals surface area contributed by atoms with Crippen molar-refractivity contribution in [2.24, 2.45) is 11.8 Å². The molecular weight excluding hydrogens is 178 g/mol. The van der Waals surface area contributed by atoms with Crippen molar-refractivity contribution in [3.63, 3.8) is 0 Å². The van der Waals surface area contributed by atoms with Crippen molar-refractivity contribution in [2.75, 3.05) is 13.1 Å². The predicted octanol–water partition coefficient (Wildman–Crippen LogP) is 0.549. The highest BCUT2D eigenvalue weighted by Crippen LogP contribution is 2.29. The van der Waals surface area contributed by atoms with E-state index >= 15 is 0 Å². The molecule has 0 aromatic carbocycles. The van der Waals surface area contributed by atoms with Crippen LogP contribution in [-0.4, -0.2) is 33.7 Å². The van der Waals surface area contributed by atoms with Gasteiger partial charge in [0.2, 0.25) is 0 Å². The normalized spacial score (nSPS) is 27.4. The van der Waals surface area contributed by atoms with E-state index in [2.05, 4.69) is 39.8 Å². The minimum atomic E-state index is 0.441. The van der Waals surface area contributed by atoms with Gasteiger partial charge in [-0.2, -0.15) is 5.21 Å². The van der Waals surface area contributed by atoms with Gasteiger partial charge < -0.3 is 5.32 Å². The number of tetrazole rings is 1. The second-order valence-electron chi connectivity index (χ2n) is 4.42. The maximum Gasteiger partial charge on any atom is 0.179 e. The topological polar surface area (TPSA) is 66.5 Å². The van der Waals surface area contributed by atoms with Crippen LogP contribution in [-0.2, 0) is 0 Å². The minimum Gasteiger partial charge on any atom is -0.316 e. The molecule has 14 heavy (non-hydrogen) atoms. The lowest BCUT2D eigenvalue weighted by Gasteiger charge is -2.16. The van der Waals surface area contributed by atoms with E-state index in [4.69, 9.17) is 0 Å². The zero-order valence-corrected chi connectivity index (χ0v) is 8.70. The van der Waals surface area contributed by atoms with Crippen LogP contribution in [0.15, 0.2) is 0 Å². The zero-order chi connectivity index (χ0) is 9.97. The molecule has 0 spiro atoms. The summed E-state index contributed by atoms with van der Waals surface area (Å²) in [5, 5.41) is 17.7. The van der Waals surface area contributed by atoms with Crippen LogP contribution in [0.2, 0.25) is 0 Å². The second kappa shape index (κ2) is 4.04. The van der Waals surface area contributed by atoms with Crippen molar-refractivity contribution >= 4 is 0 Å². The summed E-state index contributed by atoms with van der Waals surface area (Å²) in [6.45, 7) is 6.57. The van der Waals surface area contributed by atoms with E-state index in [0.717, 1.165) is 24.8 Å². The third-order valence-electron chi connectivity index (χ3n) is 2.81. The number of rotatable bonds is 3. The molecule has 1 aliphatic heterocycles. The summed E-state index contributed by atoms with van der Waals surface area (Å²) in [5.41, 5.74) is 0. The van der Waals surface area contributed by atoms with Crippen LogP contribution < -0.4 is 5.32 Å². The Morgan fingerprint density at radius 1 is 1.43 bits per heavy atom. The van der Waals surface area contributed by atoms with Crippen molar-refractivity contribution in [3.05, 3.63) is 5.82 Å². The first-order valence-electron chi connectivity index (χ1n) is 5.21. The number of nitrogens with one attached hydrogen (secondary N) is 2. The van der Waals surface area contributed by atoms with Crippen LogP contribution in [0.4, 0.5) is 0 Å². The zero-order valence-electron chi connectivity index (χ0n) is 8.70. The lowest BCUT2D eigenvalue weighted by molar-refractivity contribution is 0.397. The summed E-state index contributed by atoms with van der Waals surface area (Å²) in [7, 11) is 0. The number of aromatic nitrogens is 4. The quantitative estimate of drug-likeness (QED) is 0.739. The number of hydrogen-bond acceptors (Lipinski definition) is 4. The summed E-state index contributed by atoms with van der Waals surface area (Å²) in [4.78, 5) is 0. The Morgan fingerprint density at radius 2 is 2.29 bits per heavy atom. The van der Waals surface area contributed by atoms with E-state index in [-0.39, 0.29) is 0 Å². The van der Waals surface area contributed by atoms with E-state index < -0.39 is 0 Å². The van der Waals surface area contributed by atoms with Crippen LogP contribution in [0.3, 0.4) is 0 Å². The van der Waals surface area contributed by atoms with Gasteiger partial charge in [0.25, 0.3) is 0 Å². The van der Waals surface area contributed by atoms with Crippen molar-refractivity contribution < 1.29 is 0 Å². The first-order valence-corrected chi connectivity index (χ1v) is 5.21.